The summed E-state index contributed by atoms with van der Waals surface area (Å²) in [5, 5.41) is 33.6. The average Bonchev–Trinajstić information content (AvgIpc) is 4.18. The van der Waals surface area contributed by atoms with Gasteiger partial charge in [-0.2, -0.15) is 8.67 Å². The summed E-state index contributed by atoms with van der Waals surface area (Å²) in [6.07, 6.45) is 5.35. The molecule has 0 aliphatic carbocycles. The minimum Gasteiger partial charge on any atom is -0.747 e. The molecule has 20 nitrogen and oxygen atoms in total. The van der Waals surface area contributed by atoms with E-state index in [1.165, 1.54) is 6.07 Å². The largest absolute Gasteiger partial charge is 0.747 e. The smallest absolute Gasteiger partial charge is 0.737 e. The molecule has 7 heterocycles. The molecule has 0 bridgehead atoms. The van der Waals surface area contributed by atoms with Crippen LogP contribution in [0.25, 0.3) is 12.2 Å². The third kappa shape index (κ3) is 11.5. The zero-order valence-electron chi connectivity index (χ0n) is 39.5. The highest BCUT2D eigenvalue weighted by atomic mass is 32.2. The highest BCUT2D eigenvalue weighted by Crippen LogP contribution is 2.41. The number of nitrogens with zero attached hydrogens (tertiary/aromatic N) is 5. The fourth-order valence-corrected chi connectivity index (χ4v) is 11.1. The van der Waals surface area contributed by atoms with Gasteiger partial charge in [-0.15, -0.1) is 5.06 Å². The molecule has 1 unspecified atom stereocenters. The number of imide groups is 1. The number of hydrogen-bond acceptors (Lipinski definition) is 16. The van der Waals surface area contributed by atoms with Gasteiger partial charge in [0.2, 0.25) is 0 Å². The summed E-state index contributed by atoms with van der Waals surface area (Å²) in [6.45, 7) is -5.42. The van der Waals surface area contributed by atoms with E-state index in [0.717, 1.165) is 42.0 Å². The van der Waals surface area contributed by atoms with E-state index in [1.807, 2.05) is 6.07 Å². The second-order valence-electron chi connectivity index (χ2n) is 17.5. The van der Waals surface area contributed by atoms with E-state index in [2.05, 4.69) is 18.7 Å². The van der Waals surface area contributed by atoms with Crippen LogP contribution in [0.3, 0.4) is 0 Å². The van der Waals surface area contributed by atoms with E-state index >= 15 is 17.3 Å². The second kappa shape index (κ2) is 23.5. The van der Waals surface area contributed by atoms with Gasteiger partial charge in [-0.1, -0.05) is 43.8 Å². The molecule has 4 aromatic rings. The topological polar surface area (TPSA) is 257 Å². The monoisotopic (exact) mass is 1110 g/mol. The second-order valence-corrected chi connectivity index (χ2v) is 20.6. The molecule has 2 aromatic carbocycles. The Hall–Kier alpha value is -6.40. The first-order chi connectivity index (χ1) is 35.7. The van der Waals surface area contributed by atoms with Crippen molar-refractivity contribution < 1.29 is 97.6 Å². The first kappa shape index (κ1) is 57.3. The van der Waals surface area contributed by atoms with Crippen molar-refractivity contribution in [1.82, 2.24) is 14.0 Å². The molecule has 1 fully saturated rings. The van der Waals surface area contributed by atoms with Gasteiger partial charge in [-0.3, -0.25) is 24.5 Å². The molecule has 5 aliphatic heterocycles. The van der Waals surface area contributed by atoms with Crippen molar-refractivity contribution in [3.05, 3.63) is 153 Å². The maximum Gasteiger partial charge on any atom is 0.737 e. The molecule has 0 saturated carbocycles. The molecule has 0 spiro atoms. The molecule has 9 rings (SSSR count). The number of rotatable bonds is 20. The minimum absolute atomic E-state index is 0. The van der Waals surface area contributed by atoms with Crippen LogP contribution in [0.1, 0.15) is 84.6 Å². The molecule has 0 radical (unpaired) electrons. The van der Waals surface area contributed by atoms with Crippen molar-refractivity contribution in [3.8, 4) is 0 Å². The van der Waals surface area contributed by atoms with Gasteiger partial charge in [0.05, 0.1) is 19.3 Å². The van der Waals surface area contributed by atoms with E-state index in [9.17, 15) is 42.7 Å². The van der Waals surface area contributed by atoms with Crippen LogP contribution in [-0.4, -0.2) is 107 Å². The van der Waals surface area contributed by atoms with Crippen LogP contribution < -0.4 is 10.5 Å². The van der Waals surface area contributed by atoms with Gasteiger partial charge in [0, 0.05) is 93.6 Å². The summed E-state index contributed by atoms with van der Waals surface area (Å²) in [4.78, 5) is 52.4. The van der Waals surface area contributed by atoms with Crippen molar-refractivity contribution in [2.45, 2.75) is 71.5 Å². The molecular weight excluding hydrogens is 1070 g/mol. The number of carbonyl (C=O) groups excluding carboxylic acids is 3. The van der Waals surface area contributed by atoms with Crippen molar-refractivity contribution in [3.63, 3.8) is 0 Å². The van der Waals surface area contributed by atoms with E-state index in [4.69, 9.17) is 9.94 Å². The molecule has 404 valence electrons. The van der Waals surface area contributed by atoms with Crippen molar-refractivity contribution >= 4 is 95.5 Å². The molecule has 1 atom stereocenters. The Morgan fingerprint density at radius 2 is 1.16 bits per heavy atom. The van der Waals surface area contributed by atoms with Crippen LogP contribution in [0.4, 0.5) is 17.3 Å². The molecule has 1 saturated heterocycles. The molecule has 29 heteroatoms. The molecule has 2 aromatic heterocycles. The lowest BCUT2D eigenvalue weighted by molar-refractivity contribution is -0.777. The SMILES string of the molecule is C.Cc1cc(CCC(=O)O)n2c1C=C1C(CCSOO[O-])=CC(c3ccccc3)=[N+]1[B-]2(F)F.Cc1cc(CCC(=O)ON2C(=O)CC(S(=O)(=O)[O-])C2=O)n2c1C=C1C(CCSOO[O-])=CC(c3ccccc3)=[N+]1[B-]2(F)F. The predicted octanol–water partition coefficient (Wildman–Crippen LogP) is 4.87. The number of allylic oxidation sites excluding steroid dienone is 4. The number of hydroxylamine groups is 2. The fraction of sp³-hybridized carbons (Fsp3) is 0.277. The number of halogens is 4. The van der Waals surface area contributed by atoms with Crippen LogP contribution in [0, 0.1) is 13.8 Å². The summed E-state index contributed by atoms with van der Waals surface area (Å²) >= 11 is 1.54. The number of benzene rings is 2. The van der Waals surface area contributed by atoms with Crippen LogP contribution in [0.5, 0.6) is 0 Å². The highest BCUT2D eigenvalue weighted by Gasteiger charge is 2.56. The van der Waals surface area contributed by atoms with E-state index in [0.29, 0.717) is 62.7 Å². The molecule has 5 aliphatic rings. The van der Waals surface area contributed by atoms with Gasteiger partial charge in [0.15, 0.2) is 22.8 Å². The summed E-state index contributed by atoms with van der Waals surface area (Å²) < 4.78 is 111. The van der Waals surface area contributed by atoms with Crippen LogP contribution >= 0.6 is 24.1 Å². The number of amides is 2. The zero-order valence-corrected chi connectivity index (χ0v) is 41.9. The highest BCUT2D eigenvalue weighted by molar-refractivity contribution is 7.94. The summed E-state index contributed by atoms with van der Waals surface area (Å²) in [5.74, 6) is -4.28. The first-order valence-corrected chi connectivity index (χ1v) is 26.1. The maximum absolute atomic E-state index is 16.6. The van der Waals surface area contributed by atoms with Crippen LogP contribution in [0.15, 0.2) is 107 Å². The van der Waals surface area contributed by atoms with Gasteiger partial charge in [0.25, 0.3) is 11.8 Å². The number of aryl methyl sites for hydroxylation is 4. The Kier molecular flexibility index (Phi) is 17.7. The molecular formula is C47H46B2F4N5O15S3-3. The quantitative estimate of drug-likeness (QED) is 0.0181. The molecule has 2 amide bonds. The number of hydrogen-bond donors (Lipinski definition) is 1. The minimum atomic E-state index is -5.15. The Morgan fingerprint density at radius 1 is 0.724 bits per heavy atom. The van der Waals surface area contributed by atoms with Crippen molar-refractivity contribution in [2.24, 2.45) is 0 Å². The van der Waals surface area contributed by atoms with Gasteiger partial charge >= 0.3 is 25.9 Å². The Morgan fingerprint density at radius 3 is 1.55 bits per heavy atom. The lowest BCUT2D eigenvalue weighted by Crippen LogP contribution is -2.51. The van der Waals surface area contributed by atoms with Gasteiger partial charge in [-0.05, 0) is 98.4 Å². The number of carbonyl (C=O) groups is 4. The van der Waals surface area contributed by atoms with Crippen molar-refractivity contribution in [2.75, 3.05) is 11.5 Å². The third-order valence-corrected chi connectivity index (χ3v) is 14.9. The average molecular weight is 1110 g/mol. The van der Waals surface area contributed by atoms with Crippen molar-refractivity contribution in [1.29, 1.82) is 0 Å². The maximum atomic E-state index is 16.6. The normalized spacial score (nSPS) is 17.9. The lowest BCUT2D eigenvalue weighted by atomic mass is 9.88. The van der Waals surface area contributed by atoms with Gasteiger partial charge in [0.1, 0.15) is 15.4 Å². The standard InChI is InChI=1S/C25H24BF2N3O10S2.C21H21BF2N2O5S.CH4/c1-15-11-18(7-8-24(33)39-31-23(32)14-22(25(31)34)43(36,37)38)29-19(15)13-21-17(9-10-42-41-40-35)12-20(30(21)26(29,27)28)16-5-3-2-4-6-16;1-14-11-17(7-8-21(27)28)25-18(14)13-20-16(9-10-32-31-30-29)12-19(26(20)22(25,23)24)15-5-3-2-4-6-15;/h2-6,11-13,22,35H,7-10,14H2,1H3,(H,36,37,38);2-6,11-13,29H,7-10H2,1H3,(H,27,28);1H4/p-3. The summed E-state index contributed by atoms with van der Waals surface area (Å²) in [7, 11) is -5.15. The zero-order chi connectivity index (χ0) is 54.0. The van der Waals surface area contributed by atoms with Crippen LogP contribution in [0.2, 0.25) is 0 Å². The van der Waals surface area contributed by atoms with E-state index in [1.54, 1.807) is 98.8 Å². The number of fused-ring (bicyclic) bond motifs is 4. The number of aliphatic carboxylic acids is 1. The lowest BCUT2D eigenvalue weighted by Gasteiger charge is -2.31. The Balaban J connectivity index is 0.000000228. The van der Waals surface area contributed by atoms with E-state index in [-0.39, 0.29) is 72.4 Å². The first-order valence-electron chi connectivity index (χ1n) is 22.8. The molecule has 1 N–H and O–H groups in total. The van der Waals surface area contributed by atoms with Gasteiger partial charge < -0.3 is 60.2 Å². The Labute approximate surface area is 440 Å². The number of carboxylic acids is 1. The fourth-order valence-electron chi connectivity index (χ4n) is 9.62. The number of carboxylic acid groups (broad SMARTS) is 1. The summed E-state index contributed by atoms with van der Waals surface area (Å²) in [5.41, 5.74) is 5.79. The van der Waals surface area contributed by atoms with Crippen LogP contribution in [-0.2, 0) is 65.7 Å². The van der Waals surface area contributed by atoms with E-state index < -0.39 is 65.9 Å². The predicted molar refractivity (Wildman–Crippen MR) is 264 cm³/mol. The summed E-state index contributed by atoms with van der Waals surface area (Å²) in [6, 6.07) is 20.6. The molecule has 76 heavy (non-hydrogen) atoms. The van der Waals surface area contributed by atoms with Gasteiger partial charge in [-0.25, -0.2) is 13.2 Å². The third-order valence-electron chi connectivity index (χ3n) is 12.8. The number of aromatic nitrogens is 2. The Bertz CT molecular complexity index is 3270.